The topological polar surface area (TPSA) is 95.3 Å². The van der Waals surface area contributed by atoms with Gasteiger partial charge in [0, 0.05) is 0 Å². The first kappa shape index (κ1) is 15.7. The molecule has 0 aliphatic carbocycles. The number of para-hydroxylation sites is 1. The third-order valence-corrected chi connectivity index (χ3v) is 5.86. The maximum atomic E-state index is 11.7. The molecule has 1 aromatic heterocycles. The number of nitrogens with one attached hydrogen (secondary N) is 1. The molecule has 0 bridgehead atoms. The molecule has 0 unspecified atom stereocenters. The van der Waals surface area contributed by atoms with Crippen LogP contribution in [0.25, 0.3) is 10.9 Å². The molecule has 2 aromatic carbocycles. The normalized spacial score (nSPS) is 11.7. The van der Waals surface area contributed by atoms with Gasteiger partial charge in [0.2, 0.25) is 0 Å². The number of anilines is 2. The Kier molecular flexibility index (Phi) is 3.98. The molecule has 118 valence electrons. The predicted octanol–water partition coefficient (Wildman–Crippen LogP) is 1.55. The van der Waals surface area contributed by atoms with Crippen molar-refractivity contribution in [2.75, 3.05) is 5.32 Å². The van der Waals surface area contributed by atoms with Gasteiger partial charge < -0.3 is 0 Å². The van der Waals surface area contributed by atoms with Crippen LogP contribution in [-0.4, -0.2) is 32.3 Å². The zero-order valence-electron chi connectivity index (χ0n) is 12.7. The van der Waals surface area contributed by atoms with E-state index in [2.05, 4.69) is 15.3 Å². The molecule has 3 N–H and O–H groups in total. The van der Waals surface area contributed by atoms with Gasteiger partial charge in [-0.3, -0.25) is 0 Å². The molecule has 0 atom stereocenters. The Morgan fingerprint density at radius 1 is 1.04 bits per heavy atom. The van der Waals surface area contributed by atoms with Crippen LogP contribution in [-0.2, 0) is 3.74 Å². The summed E-state index contributed by atoms with van der Waals surface area (Å²) in [5.41, 5.74) is 3.37. The molecule has 7 heteroatoms. The summed E-state index contributed by atoms with van der Waals surface area (Å²) in [5, 5.41) is 3.85. The van der Waals surface area contributed by atoms with Gasteiger partial charge in [-0.05, 0) is 0 Å². The van der Waals surface area contributed by atoms with E-state index in [1.54, 1.807) is 18.2 Å². The van der Waals surface area contributed by atoms with Gasteiger partial charge in [0.05, 0.1) is 0 Å². The molecule has 3 aromatic rings. The number of benzene rings is 2. The number of fused-ring (bicyclic) bond motifs is 1. The molecule has 1 heterocycles. The van der Waals surface area contributed by atoms with Crippen molar-refractivity contribution >= 4 is 40.9 Å². The SMILES string of the molecule is Cc1cc2ncnc(Nc3ccccc3[As](=O)(O)O)c2cc1C. The second kappa shape index (κ2) is 5.81. The van der Waals surface area contributed by atoms with Crippen LogP contribution in [0.4, 0.5) is 11.5 Å². The van der Waals surface area contributed by atoms with Crippen molar-refractivity contribution in [1.82, 2.24) is 9.97 Å². The summed E-state index contributed by atoms with van der Waals surface area (Å²) in [6.45, 7) is 4.01. The Bertz CT molecular complexity index is 937. The Morgan fingerprint density at radius 3 is 2.48 bits per heavy atom. The summed E-state index contributed by atoms with van der Waals surface area (Å²) >= 11 is -5.03. The summed E-state index contributed by atoms with van der Waals surface area (Å²) in [5.74, 6) is 0.523. The van der Waals surface area contributed by atoms with Crippen LogP contribution in [0, 0.1) is 13.8 Å². The quantitative estimate of drug-likeness (QED) is 0.603. The monoisotopic (exact) mass is 373 g/mol. The van der Waals surface area contributed by atoms with E-state index >= 15 is 0 Å². The molecule has 3 rings (SSSR count). The molecule has 0 aliphatic rings. The first-order chi connectivity index (χ1) is 10.9. The number of hydrogen-bond donors (Lipinski definition) is 3. The van der Waals surface area contributed by atoms with E-state index in [4.69, 9.17) is 0 Å². The van der Waals surface area contributed by atoms with Gasteiger partial charge in [-0.15, -0.1) is 0 Å². The average molecular weight is 373 g/mol. The zero-order chi connectivity index (χ0) is 16.6. The summed E-state index contributed by atoms with van der Waals surface area (Å²) in [6, 6.07) is 10.3. The maximum absolute atomic E-state index is 11.7. The van der Waals surface area contributed by atoms with Crippen molar-refractivity contribution < 1.29 is 11.9 Å². The summed E-state index contributed by atoms with van der Waals surface area (Å²) in [6.07, 6.45) is 1.44. The third-order valence-electron chi connectivity index (χ3n) is 3.72. The third kappa shape index (κ3) is 3.15. The van der Waals surface area contributed by atoms with Crippen LogP contribution in [0.5, 0.6) is 0 Å². The number of rotatable bonds is 3. The van der Waals surface area contributed by atoms with Crippen molar-refractivity contribution in [3.8, 4) is 0 Å². The number of hydrogen-bond acceptors (Lipinski definition) is 4. The molecular formula is C16H16AsN3O3. The van der Waals surface area contributed by atoms with Gasteiger partial charge in [-0.1, -0.05) is 0 Å². The van der Waals surface area contributed by atoms with Gasteiger partial charge >= 0.3 is 136 Å². The van der Waals surface area contributed by atoms with E-state index in [1.165, 1.54) is 12.4 Å². The molecule has 0 spiro atoms. The fourth-order valence-electron chi connectivity index (χ4n) is 2.38. The Hall–Kier alpha value is -2.14. The standard InChI is InChI=1S/C16H16AsN3O3/c1-10-7-12-15(8-11(10)2)18-9-19-16(12)20-14-6-4-3-5-13(14)17(21,22)23/h3-9H,1-2H3,(H,18,19,20)(H2,21,22,23). The number of nitrogens with zero attached hydrogens (tertiary/aromatic N) is 2. The van der Waals surface area contributed by atoms with E-state index in [0.717, 1.165) is 22.0 Å². The molecule has 0 saturated carbocycles. The summed E-state index contributed by atoms with van der Waals surface area (Å²) in [4.78, 5) is 8.48. The van der Waals surface area contributed by atoms with E-state index in [9.17, 15) is 11.9 Å². The fraction of sp³-hybridized carbons (Fsp3) is 0.125. The molecule has 0 aliphatic heterocycles. The summed E-state index contributed by atoms with van der Waals surface area (Å²) in [7, 11) is 0. The van der Waals surface area contributed by atoms with E-state index in [0.29, 0.717) is 11.5 Å². The molecule has 0 radical (unpaired) electrons. The van der Waals surface area contributed by atoms with Crippen LogP contribution >= 0.6 is 0 Å². The molecular weight excluding hydrogens is 357 g/mol. The number of aromatic nitrogens is 2. The van der Waals surface area contributed by atoms with Gasteiger partial charge in [0.25, 0.3) is 0 Å². The van der Waals surface area contributed by atoms with Crippen LogP contribution in [0.1, 0.15) is 11.1 Å². The average Bonchev–Trinajstić information content (AvgIpc) is 2.49. The van der Waals surface area contributed by atoms with Gasteiger partial charge in [0.1, 0.15) is 0 Å². The second-order valence-corrected chi connectivity index (χ2v) is 8.66. The first-order valence-electron chi connectivity index (χ1n) is 7.00. The molecule has 6 nitrogen and oxygen atoms in total. The first-order valence-corrected chi connectivity index (χ1v) is 10.4. The minimum atomic E-state index is -5.03. The molecule has 23 heavy (non-hydrogen) atoms. The Labute approximate surface area is 136 Å². The van der Waals surface area contributed by atoms with E-state index < -0.39 is 14.2 Å². The van der Waals surface area contributed by atoms with Crippen LogP contribution in [0.2, 0.25) is 0 Å². The van der Waals surface area contributed by atoms with Crippen molar-refractivity contribution in [3.05, 3.63) is 53.9 Å². The van der Waals surface area contributed by atoms with Gasteiger partial charge in [-0.2, -0.15) is 0 Å². The Balaban J connectivity index is 2.13. The molecule has 0 saturated heterocycles. The van der Waals surface area contributed by atoms with Gasteiger partial charge in [-0.25, -0.2) is 0 Å². The Morgan fingerprint density at radius 2 is 1.74 bits per heavy atom. The fourth-order valence-corrected chi connectivity index (χ4v) is 3.90. The van der Waals surface area contributed by atoms with Crippen molar-refractivity contribution in [3.63, 3.8) is 0 Å². The van der Waals surface area contributed by atoms with Gasteiger partial charge in [0.15, 0.2) is 0 Å². The molecule has 0 amide bonds. The second-order valence-electron chi connectivity index (χ2n) is 5.36. The van der Waals surface area contributed by atoms with Crippen molar-refractivity contribution in [1.29, 1.82) is 0 Å². The summed E-state index contributed by atoms with van der Waals surface area (Å²) < 4.78 is 30.8. The van der Waals surface area contributed by atoms with Crippen LogP contribution in [0.3, 0.4) is 0 Å². The van der Waals surface area contributed by atoms with Crippen LogP contribution in [0.15, 0.2) is 42.7 Å². The minimum absolute atomic E-state index is 0.00113. The van der Waals surface area contributed by atoms with E-state index in [1.807, 2.05) is 26.0 Å². The van der Waals surface area contributed by atoms with Crippen molar-refractivity contribution in [2.24, 2.45) is 0 Å². The van der Waals surface area contributed by atoms with E-state index in [-0.39, 0.29) is 4.35 Å². The molecule has 0 fully saturated rings. The predicted molar refractivity (Wildman–Crippen MR) is 89.2 cm³/mol. The number of aryl methyl sites for hydroxylation is 2. The zero-order valence-corrected chi connectivity index (χ0v) is 14.6. The van der Waals surface area contributed by atoms with Crippen LogP contribution < -0.4 is 9.67 Å². The van der Waals surface area contributed by atoms with Crippen molar-refractivity contribution in [2.45, 2.75) is 13.8 Å².